The maximum atomic E-state index is 12.8. The monoisotopic (exact) mass is 364 g/mol. The van der Waals surface area contributed by atoms with Gasteiger partial charge in [-0.15, -0.1) is 0 Å². The number of fused-ring (bicyclic) bond motifs is 2. The van der Waals surface area contributed by atoms with Crippen LogP contribution in [0.5, 0.6) is 0 Å². The van der Waals surface area contributed by atoms with Crippen molar-refractivity contribution in [2.24, 2.45) is 21.1 Å². The molecule has 0 aromatic rings. The molecule has 3 rings (SSSR count). The number of allylic oxidation sites excluding steroid dienone is 5. The van der Waals surface area contributed by atoms with Crippen molar-refractivity contribution < 1.29 is 23.1 Å². The zero-order valence-corrected chi connectivity index (χ0v) is 15.4. The molecule has 0 saturated heterocycles. The highest BCUT2D eigenvalue weighted by molar-refractivity contribution is 7.90. The van der Waals surface area contributed by atoms with E-state index in [0.29, 0.717) is 12.8 Å². The van der Waals surface area contributed by atoms with E-state index < -0.39 is 21.4 Å². The second-order valence-electron chi connectivity index (χ2n) is 7.49. The number of hydrogen-bond donors (Lipinski definition) is 0. The van der Waals surface area contributed by atoms with Gasteiger partial charge in [0.15, 0.2) is 0 Å². The first-order valence-corrected chi connectivity index (χ1v) is 9.90. The molecule has 0 amide bonds. The van der Waals surface area contributed by atoms with E-state index in [4.69, 9.17) is 0 Å². The number of carbonyl (C=O) groups is 1. The van der Waals surface area contributed by atoms with Gasteiger partial charge in [-0.05, 0) is 37.4 Å². The third-order valence-electron chi connectivity index (χ3n) is 6.11. The molecule has 2 atom stereocenters. The Morgan fingerprint density at radius 1 is 1.36 bits per heavy atom. The van der Waals surface area contributed by atoms with Crippen LogP contribution in [-0.4, -0.2) is 32.8 Å². The number of ether oxygens (including phenoxy) is 1. The van der Waals surface area contributed by atoms with E-state index in [9.17, 15) is 18.3 Å². The molecule has 2 bridgehead atoms. The first kappa shape index (κ1) is 17.9. The van der Waals surface area contributed by atoms with E-state index in [-0.39, 0.29) is 34.2 Å². The second kappa shape index (κ2) is 5.83. The minimum Gasteiger partial charge on any atom is -0.616 e. The lowest BCUT2D eigenvalue weighted by Gasteiger charge is -2.35. The van der Waals surface area contributed by atoms with Crippen molar-refractivity contribution in [1.29, 1.82) is 0 Å². The Labute approximate surface area is 148 Å². The molecule has 2 fully saturated rings. The van der Waals surface area contributed by atoms with Crippen molar-refractivity contribution in [3.8, 4) is 0 Å². The van der Waals surface area contributed by atoms with Crippen molar-refractivity contribution >= 4 is 21.5 Å². The predicted octanol–water partition coefficient (Wildman–Crippen LogP) is 1.50. The number of nitrogens with zero attached hydrogens (tertiary/aromatic N) is 1. The van der Waals surface area contributed by atoms with E-state index in [0.717, 1.165) is 6.42 Å². The van der Waals surface area contributed by atoms with E-state index in [1.807, 2.05) is 13.8 Å². The van der Waals surface area contributed by atoms with Crippen molar-refractivity contribution in [2.75, 3.05) is 12.9 Å². The molecule has 3 aliphatic rings. The number of ketones is 1. The van der Waals surface area contributed by atoms with Crippen LogP contribution in [0, 0.1) is 16.7 Å². The molecule has 0 unspecified atom stereocenters. The zero-order valence-electron chi connectivity index (χ0n) is 14.6. The van der Waals surface area contributed by atoms with Gasteiger partial charge in [0.25, 0.3) is 10.0 Å². The maximum absolute atomic E-state index is 12.8. The summed E-state index contributed by atoms with van der Waals surface area (Å²) in [5, 5.41) is 11.8. The number of Topliss-reactive ketones (excluding diaryl/α,β-unsaturated/α-hetero) is 1. The molecule has 136 valence electrons. The highest BCUT2D eigenvalue weighted by atomic mass is 32.2. The molecule has 0 aromatic carbocycles. The van der Waals surface area contributed by atoms with Gasteiger partial charge in [-0.3, -0.25) is 4.79 Å². The second-order valence-corrected chi connectivity index (χ2v) is 9.13. The van der Waals surface area contributed by atoms with Gasteiger partial charge in [-0.25, -0.2) is 8.42 Å². The van der Waals surface area contributed by atoms with Gasteiger partial charge in [-0.1, -0.05) is 32.1 Å². The molecular weight excluding hydrogens is 342 g/mol. The average molecular weight is 364 g/mol. The van der Waals surface area contributed by atoms with E-state index in [1.165, 1.54) is 19.3 Å². The Balaban J connectivity index is 1.97. The standard InChI is InChI=1S/C18H23NO5S/c1-17(2)12-8-9-18(17,15(20)10-12)11-25(22,23)19-14-7-5-4-6-13(14)16(21)24-3/h4-7,12,21H,8-11H2,1-3H3/p-1/t12-,18+/m1/s1. The fourth-order valence-corrected chi connectivity index (χ4v) is 6.26. The number of hydrogen-bond acceptors (Lipinski definition) is 5. The largest absolute Gasteiger partial charge is 0.616 e. The van der Waals surface area contributed by atoms with Crippen LogP contribution in [0.3, 0.4) is 0 Å². The third kappa shape index (κ3) is 2.74. The van der Waals surface area contributed by atoms with Gasteiger partial charge < -0.3 is 9.84 Å². The SMILES string of the molecule is COC([O-])=C1C=CC=CC1=NS(=O)(=O)C[C@@]12CC[C@H](CC1=O)C2(C)C. The van der Waals surface area contributed by atoms with Gasteiger partial charge in [0.2, 0.25) is 0 Å². The molecule has 0 aromatic heterocycles. The molecule has 0 N–H and O–H groups in total. The normalized spacial score (nSPS) is 34.0. The molecule has 6 nitrogen and oxygen atoms in total. The van der Waals surface area contributed by atoms with E-state index >= 15 is 0 Å². The Bertz CT molecular complexity index is 832. The van der Waals surface area contributed by atoms with Crippen LogP contribution in [0.4, 0.5) is 0 Å². The Hall–Kier alpha value is -1.89. The lowest BCUT2D eigenvalue weighted by atomic mass is 9.70. The van der Waals surface area contributed by atoms with Crippen molar-refractivity contribution in [1.82, 2.24) is 0 Å². The van der Waals surface area contributed by atoms with Crippen LogP contribution in [-0.2, 0) is 19.6 Å². The van der Waals surface area contributed by atoms with Crippen LogP contribution in [0.1, 0.15) is 33.1 Å². The van der Waals surface area contributed by atoms with Gasteiger partial charge >= 0.3 is 0 Å². The van der Waals surface area contributed by atoms with Gasteiger partial charge in [0.1, 0.15) is 5.78 Å². The first-order chi connectivity index (χ1) is 11.6. The van der Waals surface area contributed by atoms with Crippen molar-refractivity contribution in [3.05, 3.63) is 35.8 Å². The van der Waals surface area contributed by atoms with Crippen molar-refractivity contribution in [2.45, 2.75) is 33.1 Å². The van der Waals surface area contributed by atoms with Crippen molar-refractivity contribution in [3.63, 3.8) is 0 Å². The molecule has 25 heavy (non-hydrogen) atoms. The molecule has 2 saturated carbocycles. The summed E-state index contributed by atoms with van der Waals surface area (Å²) in [5.74, 6) is -0.699. The summed E-state index contributed by atoms with van der Waals surface area (Å²) >= 11 is 0. The summed E-state index contributed by atoms with van der Waals surface area (Å²) in [6.45, 7) is 3.96. The first-order valence-electron chi connectivity index (χ1n) is 8.29. The summed E-state index contributed by atoms with van der Waals surface area (Å²) in [6.07, 6.45) is 8.04. The highest BCUT2D eigenvalue weighted by Gasteiger charge is 2.65. The van der Waals surface area contributed by atoms with Crippen LogP contribution < -0.4 is 5.11 Å². The third-order valence-corrected chi connectivity index (χ3v) is 7.45. The molecule has 0 radical (unpaired) electrons. The van der Waals surface area contributed by atoms with Gasteiger partial charge in [-0.2, -0.15) is 4.40 Å². The van der Waals surface area contributed by atoms with E-state index in [2.05, 4.69) is 9.13 Å². The predicted molar refractivity (Wildman–Crippen MR) is 92.1 cm³/mol. The quantitative estimate of drug-likeness (QED) is 0.704. The fraction of sp³-hybridized carbons (Fsp3) is 0.556. The summed E-state index contributed by atoms with van der Waals surface area (Å²) in [5.41, 5.74) is -1.09. The fourth-order valence-electron chi connectivity index (χ4n) is 4.44. The minimum absolute atomic E-state index is 0.0220. The molecule has 3 aliphatic carbocycles. The molecule has 0 aliphatic heterocycles. The number of rotatable bonds is 4. The maximum Gasteiger partial charge on any atom is 0.254 e. The zero-order chi connectivity index (χ0) is 18.5. The van der Waals surface area contributed by atoms with Crippen LogP contribution in [0.25, 0.3) is 0 Å². The van der Waals surface area contributed by atoms with Crippen LogP contribution >= 0.6 is 0 Å². The average Bonchev–Trinajstić information content (AvgIpc) is 2.88. The van der Waals surface area contributed by atoms with Gasteiger partial charge in [0.05, 0.1) is 22.8 Å². The summed E-state index contributed by atoms with van der Waals surface area (Å²) < 4.78 is 34.1. The summed E-state index contributed by atoms with van der Waals surface area (Å²) in [4.78, 5) is 12.5. The van der Waals surface area contributed by atoms with E-state index in [1.54, 1.807) is 12.2 Å². The minimum atomic E-state index is -3.93. The number of sulfonamides is 1. The molecule has 0 heterocycles. The Morgan fingerprint density at radius 3 is 2.60 bits per heavy atom. The summed E-state index contributed by atoms with van der Waals surface area (Å²) in [7, 11) is -2.71. The topological polar surface area (TPSA) is 95.9 Å². The smallest absolute Gasteiger partial charge is 0.254 e. The molecule has 7 heteroatoms. The van der Waals surface area contributed by atoms with Crippen LogP contribution in [0.15, 0.2) is 40.2 Å². The van der Waals surface area contributed by atoms with Gasteiger partial charge in [0, 0.05) is 12.0 Å². The highest BCUT2D eigenvalue weighted by Crippen LogP contribution is 2.64. The molecule has 0 spiro atoms. The number of carbonyl (C=O) groups excluding carboxylic acids is 1. The lowest BCUT2D eigenvalue weighted by molar-refractivity contribution is -0.354. The van der Waals surface area contributed by atoms with Crippen LogP contribution in [0.2, 0.25) is 0 Å². The Kier molecular flexibility index (Phi) is 4.18. The lowest BCUT2D eigenvalue weighted by Crippen LogP contribution is -2.41. The Morgan fingerprint density at radius 2 is 2.04 bits per heavy atom. The number of methoxy groups -OCH3 is 1. The molecular formula is C18H22NO5S-. The summed E-state index contributed by atoms with van der Waals surface area (Å²) in [6, 6.07) is 0.